The molecule has 1 aromatic heterocycles. The maximum atomic E-state index is 5.29. The third-order valence-electron chi connectivity index (χ3n) is 2.67. The number of thiazole rings is 1. The Bertz CT molecular complexity index is 704. The van der Waals surface area contributed by atoms with Crippen LogP contribution in [0.15, 0.2) is 58.2 Å². The Labute approximate surface area is 129 Å². The number of oxime groups is 1. The summed E-state index contributed by atoms with van der Waals surface area (Å²) < 4.78 is 2.22. The van der Waals surface area contributed by atoms with Crippen molar-refractivity contribution in [1.82, 2.24) is 4.98 Å². The van der Waals surface area contributed by atoms with Crippen LogP contribution in [-0.4, -0.2) is 11.2 Å². The van der Waals surface area contributed by atoms with Gasteiger partial charge in [-0.05, 0) is 29.8 Å². The predicted molar refractivity (Wildman–Crippen MR) is 86.1 cm³/mol. The topological polar surface area (TPSA) is 34.5 Å². The predicted octanol–water partition coefficient (Wildman–Crippen LogP) is 4.61. The normalized spacial score (nSPS) is 11.2. The molecular formula is C15H11BrN2OS. The van der Waals surface area contributed by atoms with Crippen LogP contribution < -0.4 is 0 Å². The van der Waals surface area contributed by atoms with Gasteiger partial charge in [0.2, 0.25) is 0 Å². The zero-order chi connectivity index (χ0) is 13.8. The molecule has 0 aliphatic heterocycles. The molecule has 0 aliphatic carbocycles. The van der Waals surface area contributed by atoms with Crippen molar-refractivity contribution < 1.29 is 4.84 Å². The van der Waals surface area contributed by atoms with E-state index in [1.807, 2.05) is 42.5 Å². The lowest BCUT2D eigenvalue weighted by molar-refractivity contribution is 0.132. The highest BCUT2D eigenvalue weighted by molar-refractivity contribution is 9.10. The second kappa shape index (κ2) is 6.15. The van der Waals surface area contributed by atoms with Crippen molar-refractivity contribution in [1.29, 1.82) is 0 Å². The number of fused-ring (bicyclic) bond motifs is 1. The number of para-hydroxylation sites is 1. The van der Waals surface area contributed by atoms with Gasteiger partial charge in [-0.2, -0.15) is 0 Å². The molecule has 1 heterocycles. The third-order valence-corrected chi connectivity index (χ3v) is 4.21. The monoisotopic (exact) mass is 346 g/mol. The van der Waals surface area contributed by atoms with Gasteiger partial charge >= 0.3 is 0 Å². The van der Waals surface area contributed by atoms with Crippen molar-refractivity contribution in [3.63, 3.8) is 0 Å². The van der Waals surface area contributed by atoms with Crippen LogP contribution in [0.5, 0.6) is 0 Å². The van der Waals surface area contributed by atoms with Crippen LogP contribution in [0, 0.1) is 0 Å². The standard InChI is InChI=1S/C15H11BrN2OS/c16-12-7-5-11(6-8-12)9-17-19-10-15-18-13-3-1-2-4-14(13)20-15/h1-9H,10H2/b17-9-. The van der Waals surface area contributed by atoms with E-state index >= 15 is 0 Å². The van der Waals surface area contributed by atoms with Gasteiger partial charge in [0.1, 0.15) is 5.01 Å². The fourth-order valence-electron chi connectivity index (χ4n) is 1.72. The highest BCUT2D eigenvalue weighted by Gasteiger charge is 2.02. The molecule has 0 radical (unpaired) electrons. The molecule has 2 aromatic carbocycles. The molecule has 0 saturated heterocycles. The van der Waals surface area contributed by atoms with Crippen molar-refractivity contribution in [2.75, 3.05) is 0 Å². The van der Waals surface area contributed by atoms with Crippen molar-refractivity contribution in [2.24, 2.45) is 5.16 Å². The van der Waals surface area contributed by atoms with Crippen LogP contribution in [0.25, 0.3) is 10.2 Å². The second-order valence-corrected chi connectivity index (χ2v) is 6.17. The van der Waals surface area contributed by atoms with Crippen LogP contribution in [-0.2, 0) is 11.4 Å². The molecule has 3 nitrogen and oxygen atoms in total. The Balaban J connectivity index is 1.60. The van der Waals surface area contributed by atoms with Gasteiger partial charge in [0.05, 0.1) is 16.4 Å². The fraction of sp³-hybridized carbons (Fsp3) is 0.0667. The third kappa shape index (κ3) is 3.23. The van der Waals surface area contributed by atoms with E-state index in [0.29, 0.717) is 6.61 Å². The van der Waals surface area contributed by atoms with Crippen LogP contribution in [0.2, 0.25) is 0 Å². The zero-order valence-corrected chi connectivity index (χ0v) is 12.9. The quantitative estimate of drug-likeness (QED) is 0.510. The molecule has 100 valence electrons. The Morgan fingerprint density at radius 3 is 2.75 bits per heavy atom. The van der Waals surface area contributed by atoms with E-state index in [1.54, 1.807) is 17.6 Å². The van der Waals surface area contributed by atoms with Gasteiger partial charge < -0.3 is 4.84 Å². The summed E-state index contributed by atoms with van der Waals surface area (Å²) in [6.45, 7) is 0.395. The molecule has 5 heteroatoms. The summed E-state index contributed by atoms with van der Waals surface area (Å²) in [4.78, 5) is 9.77. The SMILES string of the molecule is Brc1ccc(/C=N\OCc2nc3ccccc3s2)cc1. The number of nitrogens with zero attached hydrogens (tertiary/aromatic N) is 2. The van der Waals surface area contributed by atoms with Crippen molar-refractivity contribution in [3.8, 4) is 0 Å². The molecule has 0 N–H and O–H groups in total. The Kier molecular flexibility index (Phi) is 4.08. The Morgan fingerprint density at radius 1 is 1.15 bits per heavy atom. The minimum absolute atomic E-state index is 0.395. The van der Waals surface area contributed by atoms with E-state index in [-0.39, 0.29) is 0 Å². The molecule has 0 bridgehead atoms. The van der Waals surface area contributed by atoms with Gasteiger partial charge in [0.25, 0.3) is 0 Å². The highest BCUT2D eigenvalue weighted by atomic mass is 79.9. The van der Waals surface area contributed by atoms with Gasteiger partial charge in [-0.25, -0.2) is 4.98 Å². The number of rotatable bonds is 4. The van der Waals surface area contributed by atoms with Crippen LogP contribution >= 0.6 is 27.3 Å². The first-order valence-corrected chi connectivity index (χ1v) is 7.67. The lowest BCUT2D eigenvalue weighted by Crippen LogP contribution is -1.87. The fourth-order valence-corrected chi connectivity index (χ4v) is 2.86. The summed E-state index contributed by atoms with van der Waals surface area (Å²) in [5.74, 6) is 0. The summed E-state index contributed by atoms with van der Waals surface area (Å²) in [6, 6.07) is 15.9. The van der Waals surface area contributed by atoms with Crippen LogP contribution in [0.3, 0.4) is 0 Å². The molecule has 0 unspecified atom stereocenters. The first kappa shape index (κ1) is 13.3. The molecule has 0 fully saturated rings. The van der Waals surface area contributed by atoms with E-state index in [4.69, 9.17) is 4.84 Å². The number of hydrogen-bond donors (Lipinski definition) is 0. The molecule has 0 atom stereocenters. The van der Waals surface area contributed by atoms with Crippen molar-refractivity contribution >= 4 is 43.7 Å². The van der Waals surface area contributed by atoms with Gasteiger partial charge in [0.15, 0.2) is 6.61 Å². The minimum Gasteiger partial charge on any atom is -0.388 e. The zero-order valence-electron chi connectivity index (χ0n) is 10.5. The number of hydrogen-bond acceptors (Lipinski definition) is 4. The number of benzene rings is 2. The van der Waals surface area contributed by atoms with E-state index < -0.39 is 0 Å². The van der Waals surface area contributed by atoms with Crippen molar-refractivity contribution in [3.05, 3.63) is 63.6 Å². The van der Waals surface area contributed by atoms with Crippen LogP contribution in [0.1, 0.15) is 10.6 Å². The van der Waals surface area contributed by atoms with Gasteiger partial charge in [-0.1, -0.05) is 45.4 Å². The lowest BCUT2D eigenvalue weighted by atomic mass is 10.2. The lowest BCUT2D eigenvalue weighted by Gasteiger charge is -1.95. The summed E-state index contributed by atoms with van der Waals surface area (Å²) >= 11 is 5.02. The molecule has 0 saturated carbocycles. The average Bonchev–Trinajstić information content (AvgIpc) is 2.88. The first-order chi connectivity index (χ1) is 9.81. The van der Waals surface area contributed by atoms with Crippen LogP contribution in [0.4, 0.5) is 0 Å². The highest BCUT2D eigenvalue weighted by Crippen LogP contribution is 2.21. The van der Waals surface area contributed by atoms with E-state index in [0.717, 1.165) is 20.6 Å². The maximum Gasteiger partial charge on any atom is 0.168 e. The van der Waals surface area contributed by atoms with E-state index in [2.05, 4.69) is 32.1 Å². The molecule has 20 heavy (non-hydrogen) atoms. The van der Waals surface area contributed by atoms with Crippen molar-refractivity contribution in [2.45, 2.75) is 6.61 Å². The van der Waals surface area contributed by atoms with E-state index in [1.165, 1.54) is 4.70 Å². The first-order valence-electron chi connectivity index (χ1n) is 6.06. The van der Waals surface area contributed by atoms with Gasteiger partial charge in [0, 0.05) is 4.47 Å². The smallest absolute Gasteiger partial charge is 0.168 e. The molecular weight excluding hydrogens is 336 g/mol. The molecule has 0 amide bonds. The largest absolute Gasteiger partial charge is 0.388 e. The van der Waals surface area contributed by atoms with E-state index in [9.17, 15) is 0 Å². The Hall–Kier alpha value is -1.72. The molecule has 0 aliphatic rings. The summed E-state index contributed by atoms with van der Waals surface area (Å²) in [7, 11) is 0. The summed E-state index contributed by atoms with van der Waals surface area (Å²) in [5, 5.41) is 4.89. The second-order valence-electron chi connectivity index (χ2n) is 4.13. The molecule has 3 aromatic rings. The average molecular weight is 347 g/mol. The molecule has 0 spiro atoms. The molecule has 3 rings (SSSR count). The number of aromatic nitrogens is 1. The van der Waals surface area contributed by atoms with Gasteiger partial charge in [-0.3, -0.25) is 0 Å². The summed E-state index contributed by atoms with van der Waals surface area (Å²) in [5.41, 5.74) is 2.01. The summed E-state index contributed by atoms with van der Waals surface area (Å²) in [6.07, 6.45) is 1.69. The van der Waals surface area contributed by atoms with Gasteiger partial charge in [-0.15, -0.1) is 11.3 Å². The Morgan fingerprint density at radius 2 is 1.95 bits per heavy atom. The minimum atomic E-state index is 0.395. The number of halogens is 1. The maximum absolute atomic E-state index is 5.29.